The van der Waals surface area contributed by atoms with E-state index in [1.165, 1.54) is 25.7 Å². The molecule has 0 spiro atoms. The van der Waals surface area contributed by atoms with Gasteiger partial charge < -0.3 is 10.2 Å². The minimum absolute atomic E-state index is 0.756. The van der Waals surface area contributed by atoms with Crippen LogP contribution in [0.15, 0.2) is 30.6 Å². The van der Waals surface area contributed by atoms with Crippen molar-refractivity contribution in [2.75, 3.05) is 23.3 Å². The number of nitrogens with one attached hydrogen (secondary N) is 1. The van der Waals surface area contributed by atoms with E-state index in [4.69, 9.17) is 11.6 Å². The second-order valence-electron chi connectivity index (χ2n) is 5.75. The molecule has 0 atom stereocenters. The smallest absolute Gasteiger partial charge is 0.135 e. The minimum atomic E-state index is 0.756. The van der Waals surface area contributed by atoms with Crippen LogP contribution in [0.1, 0.15) is 31.2 Å². The van der Waals surface area contributed by atoms with Gasteiger partial charge in [-0.1, -0.05) is 30.5 Å². The van der Waals surface area contributed by atoms with E-state index in [0.717, 1.165) is 41.0 Å². The molecular formula is C17H21ClN4. The van der Waals surface area contributed by atoms with Gasteiger partial charge in [-0.3, -0.25) is 0 Å². The molecule has 1 N–H and O–H groups in total. The molecule has 0 aliphatic carbocycles. The highest BCUT2D eigenvalue weighted by Crippen LogP contribution is 2.24. The van der Waals surface area contributed by atoms with E-state index in [1.807, 2.05) is 31.2 Å². The van der Waals surface area contributed by atoms with Gasteiger partial charge in [-0.25, -0.2) is 9.97 Å². The van der Waals surface area contributed by atoms with Crippen LogP contribution in [0, 0.1) is 6.92 Å². The first-order valence-electron chi connectivity index (χ1n) is 7.82. The number of hydrogen-bond donors (Lipinski definition) is 1. The number of anilines is 3. The summed E-state index contributed by atoms with van der Waals surface area (Å²) in [7, 11) is 0. The molecule has 22 heavy (non-hydrogen) atoms. The molecular weight excluding hydrogens is 296 g/mol. The van der Waals surface area contributed by atoms with Gasteiger partial charge in [-0.15, -0.1) is 0 Å². The van der Waals surface area contributed by atoms with Crippen LogP contribution in [0.4, 0.5) is 17.3 Å². The molecule has 1 aromatic heterocycles. The molecule has 0 radical (unpaired) electrons. The lowest BCUT2D eigenvalue weighted by Crippen LogP contribution is -2.25. The van der Waals surface area contributed by atoms with Crippen molar-refractivity contribution in [1.82, 2.24) is 9.97 Å². The lowest BCUT2D eigenvalue weighted by atomic mass is 10.2. The Hall–Kier alpha value is -1.81. The monoisotopic (exact) mass is 316 g/mol. The van der Waals surface area contributed by atoms with Crippen molar-refractivity contribution in [3.05, 3.63) is 41.2 Å². The molecule has 0 unspecified atom stereocenters. The summed E-state index contributed by atoms with van der Waals surface area (Å²) in [5, 5.41) is 4.06. The number of nitrogens with zero attached hydrogens (tertiary/aromatic N) is 3. The third kappa shape index (κ3) is 3.69. The van der Waals surface area contributed by atoms with Crippen molar-refractivity contribution < 1.29 is 0 Å². The van der Waals surface area contributed by atoms with Gasteiger partial charge in [-0.05, 0) is 37.5 Å². The predicted octanol–water partition coefficient (Wildman–Crippen LogP) is 4.56. The van der Waals surface area contributed by atoms with E-state index in [0.29, 0.717) is 0 Å². The third-order valence-electron chi connectivity index (χ3n) is 4.03. The SMILES string of the molecule is Cc1ccc(Nc2cc(N3CCCCCC3)ncn2)cc1Cl. The first-order chi connectivity index (χ1) is 10.7. The molecule has 116 valence electrons. The third-order valence-corrected chi connectivity index (χ3v) is 4.43. The first-order valence-corrected chi connectivity index (χ1v) is 8.20. The Morgan fingerprint density at radius 1 is 1.05 bits per heavy atom. The zero-order valence-corrected chi connectivity index (χ0v) is 13.6. The summed E-state index contributed by atoms with van der Waals surface area (Å²) in [6.07, 6.45) is 6.72. The van der Waals surface area contributed by atoms with Crippen LogP contribution in [-0.2, 0) is 0 Å². The summed E-state index contributed by atoms with van der Waals surface area (Å²) >= 11 is 6.17. The van der Waals surface area contributed by atoms with Gasteiger partial charge in [0.2, 0.25) is 0 Å². The van der Waals surface area contributed by atoms with Crippen LogP contribution in [0.3, 0.4) is 0 Å². The lowest BCUT2D eigenvalue weighted by molar-refractivity contribution is 0.726. The van der Waals surface area contributed by atoms with Crippen LogP contribution < -0.4 is 10.2 Å². The standard InChI is InChI=1S/C17H21ClN4/c1-13-6-7-14(10-15(13)18)21-16-11-17(20-12-19-16)22-8-4-2-3-5-9-22/h6-7,10-12H,2-5,8-9H2,1H3,(H,19,20,21). The van der Waals surface area contributed by atoms with E-state index in [2.05, 4.69) is 20.2 Å². The topological polar surface area (TPSA) is 41.0 Å². The number of aryl methyl sites for hydroxylation is 1. The van der Waals surface area contributed by atoms with E-state index in [-0.39, 0.29) is 0 Å². The number of benzene rings is 1. The van der Waals surface area contributed by atoms with Crippen LogP contribution in [-0.4, -0.2) is 23.1 Å². The van der Waals surface area contributed by atoms with Gasteiger partial charge in [0.1, 0.15) is 18.0 Å². The number of aromatic nitrogens is 2. The molecule has 0 bridgehead atoms. The molecule has 2 aromatic rings. The number of halogens is 1. The van der Waals surface area contributed by atoms with Gasteiger partial charge in [0.15, 0.2) is 0 Å². The van der Waals surface area contributed by atoms with E-state index < -0.39 is 0 Å². The maximum absolute atomic E-state index is 6.17. The van der Waals surface area contributed by atoms with Crippen molar-refractivity contribution in [2.45, 2.75) is 32.6 Å². The van der Waals surface area contributed by atoms with Crippen molar-refractivity contribution in [1.29, 1.82) is 0 Å². The van der Waals surface area contributed by atoms with Crippen LogP contribution in [0.5, 0.6) is 0 Å². The Balaban J connectivity index is 1.76. The lowest BCUT2D eigenvalue weighted by Gasteiger charge is -2.21. The highest BCUT2D eigenvalue weighted by Gasteiger charge is 2.12. The van der Waals surface area contributed by atoms with Gasteiger partial charge in [-0.2, -0.15) is 0 Å². The normalized spacial score (nSPS) is 15.5. The molecule has 3 rings (SSSR count). The van der Waals surface area contributed by atoms with Crippen molar-refractivity contribution in [3.63, 3.8) is 0 Å². The first kappa shape index (κ1) is 15.1. The maximum atomic E-state index is 6.17. The number of hydrogen-bond acceptors (Lipinski definition) is 4. The molecule has 1 aliphatic heterocycles. The Kier molecular flexibility index (Phi) is 4.78. The van der Waals surface area contributed by atoms with E-state index in [9.17, 15) is 0 Å². The molecule has 1 fully saturated rings. The van der Waals surface area contributed by atoms with E-state index >= 15 is 0 Å². The van der Waals surface area contributed by atoms with Gasteiger partial charge in [0.05, 0.1) is 0 Å². The Morgan fingerprint density at radius 3 is 2.55 bits per heavy atom. The summed E-state index contributed by atoms with van der Waals surface area (Å²) in [5.41, 5.74) is 2.01. The molecule has 4 nitrogen and oxygen atoms in total. The highest BCUT2D eigenvalue weighted by molar-refractivity contribution is 6.31. The summed E-state index contributed by atoms with van der Waals surface area (Å²) < 4.78 is 0. The zero-order valence-electron chi connectivity index (χ0n) is 12.8. The van der Waals surface area contributed by atoms with Crippen LogP contribution >= 0.6 is 11.6 Å². The largest absolute Gasteiger partial charge is 0.356 e. The fourth-order valence-corrected chi connectivity index (χ4v) is 2.89. The highest BCUT2D eigenvalue weighted by atomic mass is 35.5. The summed E-state index contributed by atoms with van der Waals surface area (Å²) in [6, 6.07) is 7.94. The van der Waals surface area contributed by atoms with Crippen LogP contribution in [0.2, 0.25) is 5.02 Å². The van der Waals surface area contributed by atoms with Crippen molar-refractivity contribution >= 4 is 28.9 Å². The summed E-state index contributed by atoms with van der Waals surface area (Å²) in [5.74, 6) is 1.80. The van der Waals surface area contributed by atoms with Gasteiger partial charge in [0.25, 0.3) is 0 Å². The van der Waals surface area contributed by atoms with Gasteiger partial charge >= 0.3 is 0 Å². The van der Waals surface area contributed by atoms with Crippen LogP contribution in [0.25, 0.3) is 0 Å². The minimum Gasteiger partial charge on any atom is -0.356 e. The predicted molar refractivity (Wildman–Crippen MR) is 92.2 cm³/mol. The average molecular weight is 317 g/mol. The molecule has 5 heteroatoms. The van der Waals surface area contributed by atoms with Gasteiger partial charge in [0, 0.05) is 29.9 Å². The Morgan fingerprint density at radius 2 is 1.82 bits per heavy atom. The molecule has 1 aromatic carbocycles. The fraction of sp³-hybridized carbons (Fsp3) is 0.412. The Bertz CT molecular complexity index is 636. The molecule has 0 saturated carbocycles. The second-order valence-corrected chi connectivity index (χ2v) is 6.16. The quantitative estimate of drug-likeness (QED) is 0.901. The maximum Gasteiger partial charge on any atom is 0.135 e. The molecule has 0 amide bonds. The molecule has 2 heterocycles. The fourth-order valence-electron chi connectivity index (χ4n) is 2.71. The zero-order chi connectivity index (χ0) is 15.4. The molecule has 1 aliphatic rings. The van der Waals surface area contributed by atoms with Crippen molar-refractivity contribution in [3.8, 4) is 0 Å². The molecule has 1 saturated heterocycles. The van der Waals surface area contributed by atoms with E-state index in [1.54, 1.807) is 6.33 Å². The number of rotatable bonds is 3. The summed E-state index contributed by atoms with van der Waals surface area (Å²) in [6.45, 7) is 4.15. The van der Waals surface area contributed by atoms with Crippen molar-refractivity contribution in [2.24, 2.45) is 0 Å². The Labute approximate surface area is 136 Å². The second kappa shape index (κ2) is 6.97. The average Bonchev–Trinajstić information content (AvgIpc) is 2.80. The summed E-state index contributed by atoms with van der Waals surface area (Å²) in [4.78, 5) is 11.1.